The molecule has 4 nitrogen and oxygen atoms in total. The number of hydrogen-bond donors (Lipinski definition) is 1. The zero-order chi connectivity index (χ0) is 13.8. The van der Waals surface area contributed by atoms with Crippen LogP contribution in [0.25, 0.3) is 0 Å². The van der Waals surface area contributed by atoms with E-state index < -0.39 is 5.82 Å². The first kappa shape index (κ1) is 16.7. The van der Waals surface area contributed by atoms with E-state index in [1.807, 2.05) is 0 Å². The summed E-state index contributed by atoms with van der Waals surface area (Å²) in [5.74, 6) is -0.643. The number of para-hydroxylation sites is 1. The largest absolute Gasteiger partial charge is 0.490 e. The lowest BCUT2D eigenvalue weighted by atomic mass is 10.1. The second kappa shape index (κ2) is 7.45. The van der Waals surface area contributed by atoms with E-state index in [4.69, 9.17) is 4.74 Å². The van der Waals surface area contributed by atoms with Crippen molar-refractivity contribution in [3.05, 3.63) is 29.6 Å². The summed E-state index contributed by atoms with van der Waals surface area (Å²) in [7, 11) is 1.75. The molecular weight excluding hydrogens is 283 g/mol. The fraction of sp³-hybridized carbons (Fsp3) is 0.500. The third-order valence-corrected chi connectivity index (χ3v) is 3.39. The van der Waals surface area contributed by atoms with E-state index in [9.17, 15) is 9.18 Å². The number of hydrogen-bond acceptors (Lipinski definition) is 3. The van der Waals surface area contributed by atoms with E-state index in [0.29, 0.717) is 6.61 Å². The number of likely N-dealkylation sites (N-methyl/N-ethyl adjacent to an activating group) is 1. The van der Waals surface area contributed by atoms with Crippen LogP contribution >= 0.6 is 12.4 Å². The van der Waals surface area contributed by atoms with Crippen molar-refractivity contribution in [3.8, 4) is 5.75 Å². The Hall–Kier alpha value is -1.33. The maximum absolute atomic E-state index is 13.7. The molecule has 1 unspecified atom stereocenters. The first-order valence-corrected chi connectivity index (χ1v) is 6.54. The minimum Gasteiger partial charge on any atom is -0.490 e. The van der Waals surface area contributed by atoms with Gasteiger partial charge in [-0.1, -0.05) is 6.07 Å². The highest BCUT2D eigenvalue weighted by molar-refractivity contribution is 5.97. The summed E-state index contributed by atoms with van der Waals surface area (Å²) in [5.41, 5.74) is 0.288. The van der Waals surface area contributed by atoms with Crippen LogP contribution in [0.2, 0.25) is 0 Å². The fourth-order valence-corrected chi connectivity index (χ4v) is 2.29. The molecule has 0 aliphatic carbocycles. The molecule has 1 fully saturated rings. The molecule has 1 amide bonds. The summed E-state index contributed by atoms with van der Waals surface area (Å²) in [6.07, 6.45) is 0.918. The van der Waals surface area contributed by atoms with Gasteiger partial charge >= 0.3 is 0 Å². The van der Waals surface area contributed by atoms with Gasteiger partial charge in [0, 0.05) is 19.6 Å². The predicted octanol–water partition coefficient (Wildman–Crippen LogP) is 2.08. The van der Waals surface area contributed by atoms with Crippen LogP contribution in [-0.2, 0) is 0 Å². The normalized spacial score (nSPS) is 17.4. The van der Waals surface area contributed by atoms with Gasteiger partial charge in [0.2, 0.25) is 0 Å². The van der Waals surface area contributed by atoms with E-state index in [1.165, 1.54) is 12.1 Å². The summed E-state index contributed by atoms with van der Waals surface area (Å²) in [6, 6.07) is 4.60. The van der Waals surface area contributed by atoms with Crippen LogP contribution < -0.4 is 10.1 Å². The Morgan fingerprint density at radius 1 is 1.55 bits per heavy atom. The lowest BCUT2D eigenvalue weighted by molar-refractivity contribution is 0.0738. The van der Waals surface area contributed by atoms with E-state index >= 15 is 0 Å². The van der Waals surface area contributed by atoms with Crippen LogP contribution in [0.4, 0.5) is 4.39 Å². The molecule has 1 aliphatic rings. The molecule has 0 bridgehead atoms. The number of rotatable bonds is 4. The number of carbonyl (C=O) groups is 1. The first-order valence-electron chi connectivity index (χ1n) is 6.54. The SMILES string of the molecule is CCOc1c(F)cccc1C(=O)N(C)C1CCNC1.Cl. The number of halogens is 2. The van der Waals surface area contributed by atoms with Gasteiger partial charge in [0.15, 0.2) is 11.6 Å². The van der Waals surface area contributed by atoms with Gasteiger partial charge in [0.05, 0.1) is 12.2 Å². The molecular formula is C14H20ClFN2O2. The Morgan fingerprint density at radius 2 is 2.30 bits per heavy atom. The summed E-state index contributed by atoms with van der Waals surface area (Å²) < 4.78 is 19.0. The Bertz CT molecular complexity index is 464. The van der Waals surface area contributed by atoms with Crippen molar-refractivity contribution in [2.75, 3.05) is 26.7 Å². The molecule has 1 aromatic carbocycles. The predicted molar refractivity (Wildman–Crippen MR) is 78.2 cm³/mol. The summed E-state index contributed by atoms with van der Waals surface area (Å²) in [4.78, 5) is 14.1. The van der Waals surface area contributed by atoms with Crippen LogP contribution in [0.3, 0.4) is 0 Å². The highest BCUT2D eigenvalue weighted by Crippen LogP contribution is 2.25. The minimum atomic E-state index is -0.495. The maximum atomic E-state index is 13.7. The van der Waals surface area contributed by atoms with Gasteiger partial charge in [-0.15, -0.1) is 12.4 Å². The van der Waals surface area contributed by atoms with Crippen LogP contribution in [0.1, 0.15) is 23.7 Å². The highest BCUT2D eigenvalue weighted by atomic mass is 35.5. The Balaban J connectivity index is 0.00000200. The number of nitrogens with zero attached hydrogens (tertiary/aromatic N) is 1. The van der Waals surface area contributed by atoms with E-state index in [2.05, 4.69) is 5.32 Å². The quantitative estimate of drug-likeness (QED) is 0.926. The van der Waals surface area contributed by atoms with Crippen molar-refractivity contribution in [2.24, 2.45) is 0 Å². The molecule has 112 valence electrons. The minimum absolute atomic E-state index is 0. The van der Waals surface area contributed by atoms with Crippen molar-refractivity contribution in [2.45, 2.75) is 19.4 Å². The average Bonchev–Trinajstić information content (AvgIpc) is 2.93. The number of benzene rings is 1. The van der Waals surface area contributed by atoms with Crippen LogP contribution in [-0.4, -0.2) is 43.6 Å². The number of amides is 1. The van der Waals surface area contributed by atoms with Crippen molar-refractivity contribution in [3.63, 3.8) is 0 Å². The molecule has 1 heterocycles. The highest BCUT2D eigenvalue weighted by Gasteiger charge is 2.26. The summed E-state index contributed by atoms with van der Waals surface area (Å²) >= 11 is 0. The standard InChI is InChI=1S/C14H19FN2O2.ClH/c1-3-19-13-11(5-4-6-12(13)15)14(18)17(2)10-7-8-16-9-10;/h4-6,10,16H,3,7-9H2,1-2H3;1H. The van der Waals surface area contributed by atoms with E-state index in [-0.39, 0.29) is 35.7 Å². The lowest BCUT2D eigenvalue weighted by Crippen LogP contribution is -2.38. The molecule has 0 radical (unpaired) electrons. The van der Waals surface area contributed by atoms with Crippen LogP contribution in [0.5, 0.6) is 5.75 Å². The number of nitrogens with one attached hydrogen (secondary N) is 1. The average molecular weight is 303 g/mol. The summed E-state index contributed by atoms with van der Waals surface area (Å²) in [5, 5.41) is 3.21. The molecule has 2 rings (SSSR count). The van der Waals surface area contributed by atoms with Crippen LogP contribution in [0.15, 0.2) is 18.2 Å². The maximum Gasteiger partial charge on any atom is 0.257 e. The fourth-order valence-electron chi connectivity index (χ4n) is 2.29. The zero-order valence-electron chi connectivity index (χ0n) is 11.7. The lowest BCUT2D eigenvalue weighted by Gasteiger charge is -2.24. The molecule has 0 spiro atoms. The topological polar surface area (TPSA) is 41.6 Å². The van der Waals surface area contributed by atoms with Crippen molar-refractivity contribution in [1.29, 1.82) is 0 Å². The third kappa shape index (κ3) is 3.41. The van der Waals surface area contributed by atoms with Crippen molar-refractivity contribution >= 4 is 18.3 Å². The molecule has 0 saturated carbocycles. The van der Waals surface area contributed by atoms with Crippen LogP contribution in [0, 0.1) is 5.82 Å². The molecule has 0 aromatic heterocycles. The van der Waals surface area contributed by atoms with Gasteiger partial charge in [0.25, 0.3) is 5.91 Å². The van der Waals surface area contributed by atoms with Crippen molar-refractivity contribution in [1.82, 2.24) is 10.2 Å². The third-order valence-electron chi connectivity index (χ3n) is 3.39. The smallest absolute Gasteiger partial charge is 0.257 e. The monoisotopic (exact) mass is 302 g/mol. The van der Waals surface area contributed by atoms with Gasteiger partial charge < -0.3 is 15.0 Å². The molecule has 1 saturated heterocycles. The van der Waals surface area contributed by atoms with Gasteiger partial charge in [-0.05, 0) is 32.0 Å². The molecule has 1 atom stereocenters. The number of carbonyl (C=O) groups excluding carboxylic acids is 1. The second-order valence-electron chi connectivity index (χ2n) is 4.61. The van der Waals surface area contributed by atoms with Gasteiger partial charge in [0.1, 0.15) is 0 Å². The van der Waals surface area contributed by atoms with E-state index in [0.717, 1.165) is 19.5 Å². The van der Waals surface area contributed by atoms with Gasteiger partial charge in [-0.3, -0.25) is 4.79 Å². The number of ether oxygens (including phenoxy) is 1. The summed E-state index contributed by atoms with van der Waals surface area (Å²) in [6.45, 7) is 3.78. The second-order valence-corrected chi connectivity index (χ2v) is 4.61. The van der Waals surface area contributed by atoms with Crippen molar-refractivity contribution < 1.29 is 13.9 Å². The molecule has 1 aromatic rings. The Labute approximate surface area is 124 Å². The zero-order valence-corrected chi connectivity index (χ0v) is 12.5. The van der Waals surface area contributed by atoms with Gasteiger partial charge in [-0.2, -0.15) is 0 Å². The Morgan fingerprint density at radius 3 is 2.90 bits per heavy atom. The molecule has 6 heteroatoms. The Kier molecular flexibility index (Phi) is 6.23. The van der Waals surface area contributed by atoms with E-state index in [1.54, 1.807) is 24.9 Å². The molecule has 1 aliphatic heterocycles. The first-order chi connectivity index (χ1) is 9.15. The van der Waals surface area contributed by atoms with Gasteiger partial charge in [-0.25, -0.2) is 4.39 Å². The molecule has 20 heavy (non-hydrogen) atoms. The molecule has 1 N–H and O–H groups in total.